The van der Waals surface area contributed by atoms with Gasteiger partial charge in [-0.25, -0.2) is 0 Å². The van der Waals surface area contributed by atoms with E-state index in [0.29, 0.717) is 0 Å². The van der Waals surface area contributed by atoms with Gasteiger partial charge in [-0.05, 0) is 27.2 Å². The summed E-state index contributed by atoms with van der Waals surface area (Å²) in [7, 11) is 0. The predicted octanol–water partition coefficient (Wildman–Crippen LogP) is 2.69. The third kappa shape index (κ3) is 3.39. The number of carbonyl (C=O) groups is 1. The molecule has 0 bridgehead atoms. The van der Waals surface area contributed by atoms with Gasteiger partial charge in [0.2, 0.25) is 5.91 Å². The van der Waals surface area contributed by atoms with Crippen LogP contribution < -0.4 is 0 Å². The third-order valence-electron chi connectivity index (χ3n) is 2.40. The largest absolute Gasteiger partial charge is 0.339 e. The Labute approximate surface area is 92.0 Å². The van der Waals surface area contributed by atoms with E-state index >= 15 is 0 Å². The summed E-state index contributed by atoms with van der Waals surface area (Å²) in [6, 6.07) is 0. The summed E-state index contributed by atoms with van der Waals surface area (Å²) in [5.41, 5.74) is 2.89. The summed E-state index contributed by atoms with van der Waals surface area (Å²) in [5, 5.41) is 0. The summed E-state index contributed by atoms with van der Waals surface area (Å²) in [4.78, 5) is 13.6. The molecule has 0 aromatic carbocycles. The van der Waals surface area contributed by atoms with Crippen LogP contribution in [0.2, 0.25) is 0 Å². The first-order valence-electron chi connectivity index (χ1n) is 5.32. The fourth-order valence-corrected chi connectivity index (χ4v) is 1.60. The SMILES string of the molecule is C=C(C)C=C(C)C=C(C)C(=O)N1CCC1. The van der Waals surface area contributed by atoms with Gasteiger partial charge >= 0.3 is 0 Å². The highest BCUT2D eigenvalue weighted by atomic mass is 16.2. The zero-order valence-electron chi connectivity index (χ0n) is 9.84. The van der Waals surface area contributed by atoms with Crippen molar-refractivity contribution in [1.82, 2.24) is 4.90 Å². The van der Waals surface area contributed by atoms with Crippen molar-refractivity contribution < 1.29 is 4.79 Å². The number of hydrogen-bond donors (Lipinski definition) is 0. The Morgan fingerprint density at radius 3 is 2.20 bits per heavy atom. The van der Waals surface area contributed by atoms with Crippen molar-refractivity contribution in [2.75, 3.05) is 13.1 Å². The highest BCUT2D eigenvalue weighted by Crippen LogP contribution is 2.13. The molecular weight excluding hydrogens is 186 g/mol. The molecule has 0 aliphatic carbocycles. The molecule has 15 heavy (non-hydrogen) atoms. The van der Waals surface area contributed by atoms with E-state index in [1.807, 2.05) is 37.8 Å². The number of rotatable bonds is 3. The lowest BCUT2D eigenvalue weighted by Gasteiger charge is -2.31. The van der Waals surface area contributed by atoms with E-state index < -0.39 is 0 Å². The van der Waals surface area contributed by atoms with Gasteiger partial charge in [0.1, 0.15) is 0 Å². The fourth-order valence-electron chi connectivity index (χ4n) is 1.60. The Bertz CT molecular complexity index is 332. The lowest BCUT2D eigenvalue weighted by Crippen LogP contribution is -2.42. The van der Waals surface area contributed by atoms with Crippen LogP contribution in [0.5, 0.6) is 0 Å². The van der Waals surface area contributed by atoms with Crippen LogP contribution in [0.4, 0.5) is 0 Å². The Morgan fingerprint density at radius 2 is 1.80 bits per heavy atom. The minimum atomic E-state index is 0.163. The first-order chi connectivity index (χ1) is 7.00. The van der Waals surface area contributed by atoms with E-state index in [1.54, 1.807) is 0 Å². The number of allylic oxidation sites excluding steroid dienone is 4. The zero-order chi connectivity index (χ0) is 11.4. The molecule has 0 saturated carbocycles. The summed E-state index contributed by atoms with van der Waals surface area (Å²) in [6.45, 7) is 11.4. The molecule has 1 rings (SSSR count). The first kappa shape index (κ1) is 11.8. The quantitative estimate of drug-likeness (QED) is 0.512. The molecule has 1 aliphatic heterocycles. The second-order valence-electron chi connectivity index (χ2n) is 4.21. The second-order valence-corrected chi connectivity index (χ2v) is 4.21. The first-order valence-corrected chi connectivity index (χ1v) is 5.32. The smallest absolute Gasteiger partial charge is 0.249 e. The van der Waals surface area contributed by atoms with E-state index in [4.69, 9.17) is 0 Å². The monoisotopic (exact) mass is 205 g/mol. The maximum atomic E-state index is 11.8. The van der Waals surface area contributed by atoms with Crippen molar-refractivity contribution in [1.29, 1.82) is 0 Å². The summed E-state index contributed by atoms with van der Waals surface area (Å²) in [6.07, 6.45) is 5.04. The van der Waals surface area contributed by atoms with Crippen LogP contribution in [0.3, 0.4) is 0 Å². The topological polar surface area (TPSA) is 20.3 Å². The molecule has 0 aromatic heterocycles. The van der Waals surface area contributed by atoms with Crippen LogP contribution in [-0.2, 0) is 4.79 Å². The van der Waals surface area contributed by atoms with Crippen LogP contribution in [-0.4, -0.2) is 23.9 Å². The minimum Gasteiger partial charge on any atom is -0.339 e. The van der Waals surface area contributed by atoms with Crippen molar-refractivity contribution in [2.24, 2.45) is 0 Å². The van der Waals surface area contributed by atoms with E-state index in [1.165, 1.54) is 0 Å². The maximum absolute atomic E-state index is 11.8. The average molecular weight is 205 g/mol. The molecule has 0 unspecified atom stereocenters. The van der Waals surface area contributed by atoms with Gasteiger partial charge in [-0.2, -0.15) is 0 Å². The van der Waals surface area contributed by atoms with Crippen molar-refractivity contribution in [2.45, 2.75) is 27.2 Å². The molecular formula is C13H19NO. The molecule has 0 N–H and O–H groups in total. The zero-order valence-corrected chi connectivity index (χ0v) is 9.84. The van der Waals surface area contributed by atoms with Crippen molar-refractivity contribution >= 4 is 5.91 Å². The highest BCUT2D eigenvalue weighted by molar-refractivity contribution is 5.93. The van der Waals surface area contributed by atoms with Crippen LogP contribution in [0.25, 0.3) is 0 Å². The lowest BCUT2D eigenvalue weighted by molar-refractivity contribution is -0.130. The Balaban J connectivity index is 2.65. The molecule has 2 nitrogen and oxygen atoms in total. The molecule has 1 heterocycles. The molecule has 1 aliphatic rings. The average Bonchev–Trinajstić information content (AvgIpc) is 1.98. The van der Waals surface area contributed by atoms with Gasteiger partial charge in [-0.1, -0.05) is 29.9 Å². The highest BCUT2D eigenvalue weighted by Gasteiger charge is 2.20. The standard InChI is InChI=1S/C13H19NO/c1-10(2)8-11(3)9-12(4)13(15)14-6-5-7-14/h8-9H,1,5-7H2,2-4H3. The molecule has 2 heteroatoms. The van der Waals surface area contributed by atoms with Gasteiger partial charge in [0.05, 0.1) is 0 Å². The van der Waals surface area contributed by atoms with Crippen LogP contribution in [0.1, 0.15) is 27.2 Å². The molecule has 1 saturated heterocycles. The second kappa shape index (κ2) is 4.96. The van der Waals surface area contributed by atoms with E-state index in [2.05, 4.69) is 6.58 Å². The Hall–Kier alpha value is -1.31. The van der Waals surface area contributed by atoms with Gasteiger partial charge in [0.15, 0.2) is 0 Å². The van der Waals surface area contributed by atoms with Gasteiger partial charge in [0.25, 0.3) is 0 Å². The Kier molecular flexibility index (Phi) is 3.89. The molecule has 0 radical (unpaired) electrons. The molecule has 0 aromatic rings. The molecule has 0 atom stereocenters. The number of likely N-dealkylation sites (tertiary alicyclic amines) is 1. The molecule has 1 fully saturated rings. The Morgan fingerprint density at radius 1 is 1.20 bits per heavy atom. The van der Waals surface area contributed by atoms with Gasteiger partial charge in [-0.3, -0.25) is 4.79 Å². The van der Waals surface area contributed by atoms with E-state index in [9.17, 15) is 4.79 Å². The van der Waals surface area contributed by atoms with Crippen LogP contribution in [0.15, 0.2) is 35.5 Å². The maximum Gasteiger partial charge on any atom is 0.249 e. The fraction of sp³-hybridized carbons (Fsp3) is 0.462. The molecule has 0 spiro atoms. The normalized spacial score (nSPS) is 17.4. The number of hydrogen-bond acceptors (Lipinski definition) is 1. The number of nitrogens with zero attached hydrogens (tertiary/aromatic N) is 1. The van der Waals surface area contributed by atoms with Crippen LogP contribution >= 0.6 is 0 Å². The van der Waals surface area contributed by atoms with Crippen molar-refractivity contribution in [3.63, 3.8) is 0 Å². The predicted molar refractivity (Wildman–Crippen MR) is 63.5 cm³/mol. The summed E-state index contributed by atoms with van der Waals surface area (Å²) < 4.78 is 0. The van der Waals surface area contributed by atoms with Crippen molar-refractivity contribution in [3.8, 4) is 0 Å². The van der Waals surface area contributed by atoms with Crippen LogP contribution in [0, 0.1) is 0 Å². The number of amides is 1. The number of carbonyl (C=O) groups excluding carboxylic acids is 1. The minimum absolute atomic E-state index is 0.163. The van der Waals surface area contributed by atoms with Gasteiger partial charge in [-0.15, -0.1) is 0 Å². The van der Waals surface area contributed by atoms with Gasteiger partial charge in [0, 0.05) is 18.7 Å². The van der Waals surface area contributed by atoms with E-state index in [-0.39, 0.29) is 5.91 Å². The van der Waals surface area contributed by atoms with E-state index in [0.717, 1.165) is 36.2 Å². The summed E-state index contributed by atoms with van der Waals surface area (Å²) in [5.74, 6) is 0.163. The molecule has 82 valence electrons. The van der Waals surface area contributed by atoms with Gasteiger partial charge < -0.3 is 4.90 Å². The third-order valence-corrected chi connectivity index (χ3v) is 2.40. The summed E-state index contributed by atoms with van der Waals surface area (Å²) >= 11 is 0. The lowest BCUT2D eigenvalue weighted by atomic mass is 10.1. The van der Waals surface area contributed by atoms with Crippen molar-refractivity contribution in [3.05, 3.63) is 35.5 Å². The molecule has 1 amide bonds.